The largest absolute Gasteiger partial charge is 0.462 e. The number of rotatable bonds is 3. The number of guanidine groups is 1. The lowest BCUT2D eigenvalue weighted by atomic mass is 10.4. The summed E-state index contributed by atoms with van der Waals surface area (Å²) in [6, 6.07) is 3.75. The van der Waals surface area contributed by atoms with Crippen LogP contribution in [0.3, 0.4) is 0 Å². The fraction of sp³-hybridized carbons (Fsp3) is 0.385. The highest BCUT2D eigenvalue weighted by atomic mass is 32.1. The summed E-state index contributed by atoms with van der Waals surface area (Å²) in [5, 5.41) is 2.85. The van der Waals surface area contributed by atoms with E-state index in [-0.39, 0.29) is 0 Å². The van der Waals surface area contributed by atoms with E-state index in [1.807, 2.05) is 22.4 Å². The zero-order valence-corrected chi connectivity index (χ0v) is 11.8. The Labute approximate surface area is 120 Å². The number of nitrogens with zero attached hydrogens (tertiary/aromatic N) is 3. The second-order valence-electron chi connectivity index (χ2n) is 4.40. The van der Waals surface area contributed by atoms with Crippen LogP contribution >= 0.6 is 11.3 Å². The molecule has 0 saturated carbocycles. The van der Waals surface area contributed by atoms with Gasteiger partial charge in [0.1, 0.15) is 0 Å². The highest BCUT2D eigenvalue weighted by Gasteiger charge is 2.12. The van der Waals surface area contributed by atoms with Crippen LogP contribution in [-0.2, 0) is 11.3 Å². The van der Waals surface area contributed by atoms with E-state index in [9.17, 15) is 0 Å². The van der Waals surface area contributed by atoms with Gasteiger partial charge in [-0.3, -0.25) is 0 Å². The third kappa shape index (κ3) is 3.00. The van der Waals surface area contributed by atoms with E-state index in [4.69, 9.17) is 14.9 Å². The smallest absolute Gasteiger partial charge is 0.191 e. The second-order valence-corrected chi connectivity index (χ2v) is 5.25. The maximum Gasteiger partial charge on any atom is 0.191 e. The molecule has 7 heteroatoms. The van der Waals surface area contributed by atoms with Gasteiger partial charge in [0.2, 0.25) is 0 Å². The van der Waals surface area contributed by atoms with Gasteiger partial charge < -0.3 is 19.8 Å². The van der Waals surface area contributed by atoms with Crippen LogP contribution in [0.25, 0.3) is 10.8 Å². The Morgan fingerprint density at radius 3 is 3.05 bits per heavy atom. The molecule has 20 heavy (non-hydrogen) atoms. The van der Waals surface area contributed by atoms with Gasteiger partial charge >= 0.3 is 0 Å². The summed E-state index contributed by atoms with van der Waals surface area (Å²) >= 11 is 1.55. The lowest BCUT2D eigenvalue weighted by molar-refractivity contribution is 0.0674. The number of thiazole rings is 1. The lowest BCUT2D eigenvalue weighted by Gasteiger charge is -2.27. The first-order chi connectivity index (χ1) is 9.83. The average Bonchev–Trinajstić information content (AvgIpc) is 3.16. The van der Waals surface area contributed by atoms with E-state index in [0.717, 1.165) is 29.6 Å². The zero-order valence-electron chi connectivity index (χ0n) is 11.0. The van der Waals surface area contributed by atoms with Crippen LogP contribution in [0.4, 0.5) is 0 Å². The fourth-order valence-electron chi connectivity index (χ4n) is 1.95. The van der Waals surface area contributed by atoms with Gasteiger partial charge in [-0.25, -0.2) is 9.98 Å². The van der Waals surface area contributed by atoms with Gasteiger partial charge in [0, 0.05) is 18.5 Å². The summed E-state index contributed by atoms with van der Waals surface area (Å²) in [6.45, 7) is 3.49. The highest BCUT2D eigenvalue weighted by molar-refractivity contribution is 7.13. The quantitative estimate of drug-likeness (QED) is 0.686. The molecule has 2 N–H and O–H groups in total. The number of hydrogen-bond acceptors (Lipinski definition) is 5. The molecule has 1 saturated heterocycles. The summed E-state index contributed by atoms with van der Waals surface area (Å²) in [7, 11) is 0. The minimum absolute atomic E-state index is 0.487. The topological polar surface area (TPSA) is 76.9 Å². The Kier molecular flexibility index (Phi) is 3.98. The Balaban J connectivity index is 1.63. The summed E-state index contributed by atoms with van der Waals surface area (Å²) in [6.07, 6.45) is 1.64. The molecule has 0 aromatic carbocycles. The van der Waals surface area contributed by atoms with Crippen molar-refractivity contribution in [3.05, 3.63) is 29.5 Å². The van der Waals surface area contributed by atoms with Gasteiger partial charge in [-0.15, -0.1) is 11.3 Å². The molecule has 0 unspecified atom stereocenters. The van der Waals surface area contributed by atoms with Crippen molar-refractivity contribution in [1.29, 1.82) is 0 Å². The molecule has 1 aliphatic rings. The van der Waals surface area contributed by atoms with Crippen molar-refractivity contribution in [3.63, 3.8) is 0 Å². The predicted molar refractivity (Wildman–Crippen MR) is 77.5 cm³/mol. The molecular weight excluding hydrogens is 276 g/mol. The average molecular weight is 292 g/mol. The first kappa shape index (κ1) is 13.1. The van der Waals surface area contributed by atoms with E-state index in [2.05, 4.69) is 9.98 Å². The predicted octanol–water partition coefficient (Wildman–Crippen LogP) is 1.55. The maximum atomic E-state index is 5.98. The molecule has 2 aromatic heterocycles. The minimum atomic E-state index is 0.487. The molecular formula is C13H16N4O2S. The van der Waals surface area contributed by atoms with Crippen molar-refractivity contribution in [3.8, 4) is 10.8 Å². The molecule has 0 amide bonds. The number of hydrogen-bond donors (Lipinski definition) is 1. The Bertz CT molecular complexity index is 573. The molecule has 0 spiro atoms. The van der Waals surface area contributed by atoms with Crippen LogP contribution in [0, 0.1) is 0 Å². The lowest BCUT2D eigenvalue weighted by Crippen LogP contribution is -2.44. The molecule has 1 fully saturated rings. The molecule has 3 heterocycles. The molecule has 2 aromatic rings. The molecule has 106 valence electrons. The number of ether oxygens (including phenoxy) is 1. The molecule has 0 radical (unpaired) electrons. The van der Waals surface area contributed by atoms with Gasteiger partial charge in [-0.2, -0.15) is 0 Å². The van der Waals surface area contributed by atoms with Gasteiger partial charge in [-0.05, 0) is 12.1 Å². The third-order valence-corrected chi connectivity index (χ3v) is 3.93. The summed E-state index contributed by atoms with van der Waals surface area (Å²) in [5.74, 6) is 1.34. The van der Waals surface area contributed by atoms with Crippen LogP contribution in [0.1, 0.15) is 5.69 Å². The monoisotopic (exact) mass is 292 g/mol. The van der Waals surface area contributed by atoms with E-state index in [0.29, 0.717) is 25.7 Å². The third-order valence-electron chi connectivity index (χ3n) is 3.02. The molecule has 0 atom stereocenters. The van der Waals surface area contributed by atoms with Crippen molar-refractivity contribution in [1.82, 2.24) is 9.88 Å². The number of nitrogens with two attached hydrogens (primary N) is 1. The van der Waals surface area contributed by atoms with Crippen molar-refractivity contribution in [2.45, 2.75) is 6.54 Å². The number of aliphatic imine (C=N–C) groups is 1. The highest BCUT2D eigenvalue weighted by Crippen LogP contribution is 2.24. The molecule has 0 bridgehead atoms. The number of morpholine rings is 1. The van der Waals surface area contributed by atoms with Crippen LogP contribution in [0.2, 0.25) is 0 Å². The van der Waals surface area contributed by atoms with Gasteiger partial charge in [0.25, 0.3) is 0 Å². The maximum absolute atomic E-state index is 5.98. The van der Waals surface area contributed by atoms with Crippen LogP contribution in [-0.4, -0.2) is 42.1 Å². The Morgan fingerprint density at radius 1 is 1.45 bits per heavy atom. The van der Waals surface area contributed by atoms with Gasteiger partial charge in [0.05, 0.1) is 31.7 Å². The van der Waals surface area contributed by atoms with Crippen molar-refractivity contribution < 1.29 is 9.15 Å². The van der Waals surface area contributed by atoms with E-state index >= 15 is 0 Å². The van der Waals surface area contributed by atoms with E-state index in [1.54, 1.807) is 17.6 Å². The fourth-order valence-corrected chi connectivity index (χ4v) is 2.72. The van der Waals surface area contributed by atoms with Gasteiger partial charge in [-0.1, -0.05) is 0 Å². The normalized spacial score (nSPS) is 16.6. The van der Waals surface area contributed by atoms with E-state index in [1.165, 1.54) is 0 Å². The number of furan rings is 1. The van der Waals surface area contributed by atoms with Crippen LogP contribution in [0.5, 0.6) is 0 Å². The Morgan fingerprint density at radius 2 is 2.30 bits per heavy atom. The summed E-state index contributed by atoms with van der Waals surface area (Å²) in [4.78, 5) is 10.9. The zero-order chi connectivity index (χ0) is 13.8. The van der Waals surface area contributed by atoms with E-state index < -0.39 is 0 Å². The van der Waals surface area contributed by atoms with Crippen LogP contribution in [0.15, 0.2) is 33.2 Å². The molecule has 0 aliphatic carbocycles. The van der Waals surface area contributed by atoms with Gasteiger partial charge in [0.15, 0.2) is 16.7 Å². The number of aromatic nitrogens is 1. The standard InChI is InChI=1S/C13H16N4O2S/c14-13(17-3-6-18-7-4-17)15-8-10-9-20-12(16-10)11-2-1-5-19-11/h1-2,5,9H,3-4,6-8H2,(H2,14,15). The first-order valence-electron chi connectivity index (χ1n) is 6.44. The van der Waals surface area contributed by atoms with Crippen molar-refractivity contribution in [2.75, 3.05) is 26.3 Å². The molecule has 6 nitrogen and oxygen atoms in total. The summed E-state index contributed by atoms with van der Waals surface area (Å²) < 4.78 is 10.6. The first-order valence-corrected chi connectivity index (χ1v) is 7.32. The summed E-state index contributed by atoms with van der Waals surface area (Å²) in [5.41, 5.74) is 6.88. The van der Waals surface area contributed by atoms with Crippen molar-refractivity contribution in [2.24, 2.45) is 10.7 Å². The Hall–Kier alpha value is -1.86. The minimum Gasteiger partial charge on any atom is -0.462 e. The molecule has 3 rings (SSSR count). The SMILES string of the molecule is NC(=NCc1csc(-c2ccco2)n1)N1CCOCC1. The molecule has 1 aliphatic heterocycles. The second kappa shape index (κ2) is 6.06. The van der Waals surface area contributed by atoms with Crippen molar-refractivity contribution >= 4 is 17.3 Å². The van der Waals surface area contributed by atoms with Crippen LogP contribution < -0.4 is 5.73 Å².